The van der Waals surface area contributed by atoms with E-state index in [2.05, 4.69) is 16.7 Å². The van der Waals surface area contributed by atoms with Crippen molar-refractivity contribution in [2.24, 2.45) is 0 Å². The maximum atomic E-state index is 13.2. The number of likely N-dealkylation sites (N-methyl/N-ethyl adjacent to an activating group) is 1. The van der Waals surface area contributed by atoms with Gasteiger partial charge in [0.1, 0.15) is 5.70 Å². The van der Waals surface area contributed by atoms with Crippen molar-refractivity contribution in [2.45, 2.75) is 27.2 Å². The fourth-order valence-corrected chi connectivity index (χ4v) is 3.80. The molecular formula is C22H31N3O3. The molecule has 0 saturated carbocycles. The van der Waals surface area contributed by atoms with Gasteiger partial charge in [0, 0.05) is 45.9 Å². The minimum absolute atomic E-state index is 0.165. The van der Waals surface area contributed by atoms with Crippen molar-refractivity contribution in [2.75, 3.05) is 52.5 Å². The Kier molecular flexibility index (Phi) is 6.86. The molecule has 28 heavy (non-hydrogen) atoms. The highest BCUT2D eigenvalue weighted by Gasteiger charge is 2.41. The van der Waals surface area contributed by atoms with Crippen LogP contribution >= 0.6 is 0 Å². The first kappa shape index (κ1) is 20.6. The maximum Gasteiger partial charge on any atom is 0.277 e. The van der Waals surface area contributed by atoms with Crippen LogP contribution in [0.1, 0.15) is 31.4 Å². The number of rotatable bonds is 8. The Hall–Kier alpha value is -2.18. The highest BCUT2D eigenvalue weighted by atomic mass is 16.5. The van der Waals surface area contributed by atoms with Gasteiger partial charge < -0.3 is 14.5 Å². The molecule has 0 spiro atoms. The third-order valence-corrected chi connectivity index (χ3v) is 5.49. The van der Waals surface area contributed by atoms with Crippen LogP contribution in [-0.4, -0.2) is 79.0 Å². The lowest BCUT2D eigenvalue weighted by molar-refractivity contribution is -0.137. The molecular weight excluding hydrogens is 354 g/mol. The fraction of sp³-hybridized carbons (Fsp3) is 0.545. The normalized spacial score (nSPS) is 18.5. The number of nitrogens with zero attached hydrogens (tertiary/aromatic N) is 3. The SMILES string of the molecule is CCOCCCN1C(=O)C(c2ccc(C)cc2)=C(N2CCN(CC)CC2)C1=O. The average molecular weight is 386 g/mol. The molecule has 0 aromatic heterocycles. The number of benzene rings is 1. The minimum Gasteiger partial charge on any atom is -0.382 e. The first-order chi connectivity index (χ1) is 13.6. The molecule has 1 saturated heterocycles. The van der Waals surface area contributed by atoms with Gasteiger partial charge in [-0.15, -0.1) is 0 Å². The second-order valence-electron chi connectivity index (χ2n) is 7.32. The molecule has 1 aromatic rings. The fourth-order valence-electron chi connectivity index (χ4n) is 3.80. The molecule has 0 unspecified atom stereocenters. The van der Waals surface area contributed by atoms with Crippen LogP contribution < -0.4 is 0 Å². The van der Waals surface area contributed by atoms with Gasteiger partial charge in [0.15, 0.2) is 0 Å². The van der Waals surface area contributed by atoms with Gasteiger partial charge >= 0.3 is 0 Å². The summed E-state index contributed by atoms with van der Waals surface area (Å²) in [5, 5.41) is 0. The summed E-state index contributed by atoms with van der Waals surface area (Å²) >= 11 is 0. The van der Waals surface area contributed by atoms with Gasteiger partial charge in [0.2, 0.25) is 0 Å². The van der Waals surface area contributed by atoms with Gasteiger partial charge in [-0.05, 0) is 32.4 Å². The predicted molar refractivity (Wildman–Crippen MR) is 110 cm³/mol. The van der Waals surface area contributed by atoms with E-state index in [4.69, 9.17) is 4.74 Å². The van der Waals surface area contributed by atoms with Crippen LogP contribution in [0.5, 0.6) is 0 Å². The topological polar surface area (TPSA) is 53.1 Å². The summed E-state index contributed by atoms with van der Waals surface area (Å²) in [7, 11) is 0. The van der Waals surface area contributed by atoms with Crippen LogP contribution in [0.25, 0.3) is 5.57 Å². The quantitative estimate of drug-likeness (QED) is 0.507. The van der Waals surface area contributed by atoms with Crippen molar-refractivity contribution >= 4 is 17.4 Å². The number of ether oxygens (including phenoxy) is 1. The van der Waals surface area contributed by atoms with Crippen molar-refractivity contribution in [1.29, 1.82) is 0 Å². The number of piperazine rings is 1. The molecule has 0 bridgehead atoms. The number of amides is 2. The second-order valence-corrected chi connectivity index (χ2v) is 7.32. The first-order valence-electron chi connectivity index (χ1n) is 10.3. The Morgan fingerprint density at radius 2 is 1.64 bits per heavy atom. The van der Waals surface area contributed by atoms with Crippen molar-refractivity contribution in [3.8, 4) is 0 Å². The van der Waals surface area contributed by atoms with Gasteiger partial charge in [-0.1, -0.05) is 36.8 Å². The van der Waals surface area contributed by atoms with Crippen LogP contribution in [0.15, 0.2) is 30.0 Å². The van der Waals surface area contributed by atoms with Crippen LogP contribution in [0.3, 0.4) is 0 Å². The second kappa shape index (κ2) is 9.34. The Balaban J connectivity index is 1.88. The predicted octanol–water partition coefficient (Wildman–Crippen LogP) is 2.14. The van der Waals surface area contributed by atoms with Crippen LogP contribution in [-0.2, 0) is 14.3 Å². The highest BCUT2D eigenvalue weighted by Crippen LogP contribution is 2.32. The zero-order valence-corrected chi connectivity index (χ0v) is 17.2. The van der Waals surface area contributed by atoms with E-state index in [0.29, 0.717) is 37.4 Å². The Morgan fingerprint density at radius 3 is 2.25 bits per heavy atom. The summed E-state index contributed by atoms with van der Waals surface area (Å²) in [6, 6.07) is 7.87. The minimum atomic E-state index is -0.182. The smallest absolute Gasteiger partial charge is 0.277 e. The van der Waals surface area contributed by atoms with Crippen LogP contribution in [0, 0.1) is 6.92 Å². The number of hydrogen-bond donors (Lipinski definition) is 0. The molecule has 0 atom stereocenters. The van der Waals surface area contributed by atoms with E-state index in [1.807, 2.05) is 38.1 Å². The maximum absolute atomic E-state index is 13.2. The lowest BCUT2D eigenvalue weighted by Gasteiger charge is -2.36. The molecule has 152 valence electrons. The molecule has 3 rings (SSSR count). The van der Waals surface area contributed by atoms with Crippen LogP contribution in [0.4, 0.5) is 0 Å². The van der Waals surface area contributed by atoms with E-state index in [-0.39, 0.29) is 11.8 Å². The molecule has 2 amide bonds. The standard InChI is InChI=1S/C22H31N3O3/c1-4-23-12-14-24(15-13-23)20-19(18-9-7-17(3)8-10-18)21(26)25(22(20)27)11-6-16-28-5-2/h7-10H,4-6,11-16H2,1-3H3. The number of hydrogen-bond acceptors (Lipinski definition) is 5. The van der Waals surface area contributed by atoms with Gasteiger partial charge in [0.25, 0.3) is 11.8 Å². The highest BCUT2D eigenvalue weighted by molar-refractivity contribution is 6.35. The molecule has 0 aliphatic carbocycles. The third kappa shape index (κ3) is 4.28. The van der Waals surface area contributed by atoms with Crippen molar-refractivity contribution in [3.05, 3.63) is 41.1 Å². The molecule has 6 nitrogen and oxygen atoms in total. The van der Waals surface area contributed by atoms with Gasteiger partial charge in [-0.25, -0.2) is 0 Å². The van der Waals surface area contributed by atoms with E-state index in [0.717, 1.165) is 43.9 Å². The summed E-state index contributed by atoms with van der Waals surface area (Å²) < 4.78 is 5.38. The van der Waals surface area contributed by atoms with E-state index in [1.54, 1.807) is 0 Å². The van der Waals surface area contributed by atoms with E-state index in [9.17, 15) is 9.59 Å². The molecule has 1 fully saturated rings. The lowest BCUT2D eigenvalue weighted by Crippen LogP contribution is -2.47. The van der Waals surface area contributed by atoms with Crippen molar-refractivity contribution < 1.29 is 14.3 Å². The lowest BCUT2D eigenvalue weighted by atomic mass is 10.0. The average Bonchev–Trinajstić information content (AvgIpc) is 2.96. The molecule has 2 aliphatic rings. The zero-order chi connectivity index (χ0) is 20.1. The molecule has 6 heteroatoms. The Bertz CT molecular complexity index is 734. The molecule has 2 aliphatic heterocycles. The zero-order valence-electron chi connectivity index (χ0n) is 17.2. The summed E-state index contributed by atoms with van der Waals surface area (Å²) in [6.45, 7) is 12.1. The van der Waals surface area contributed by atoms with Gasteiger partial charge in [-0.2, -0.15) is 0 Å². The molecule has 0 N–H and O–H groups in total. The van der Waals surface area contributed by atoms with E-state index < -0.39 is 0 Å². The molecule has 2 heterocycles. The molecule has 0 radical (unpaired) electrons. The summed E-state index contributed by atoms with van der Waals surface area (Å²) in [5.74, 6) is -0.347. The Morgan fingerprint density at radius 1 is 0.964 bits per heavy atom. The van der Waals surface area contributed by atoms with Crippen molar-refractivity contribution in [3.63, 3.8) is 0 Å². The summed E-state index contributed by atoms with van der Waals surface area (Å²) in [6.07, 6.45) is 0.656. The monoisotopic (exact) mass is 385 g/mol. The number of carbonyl (C=O) groups is 2. The van der Waals surface area contributed by atoms with E-state index >= 15 is 0 Å². The number of aryl methyl sites for hydroxylation is 1. The van der Waals surface area contributed by atoms with Crippen LogP contribution in [0.2, 0.25) is 0 Å². The Labute approximate surface area is 167 Å². The number of carbonyl (C=O) groups excluding carboxylic acids is 2. The summed E-state index contributed by atoms with van der Waals surface area (Å²) in [5.41, 5.74) is 3.07. The third-order valence-electron chi connectivity index (χ3n) is 5.49. The largest absolute Gasteiger partial charge is 0.382 e. The van der Waals surface area contributed by atoms with Gasteiger partial charge in [0.05, 0.1) is 5.57 Å². The summed E-state index contributed by atoms with van der Waals surface area (Å²) in [4.78, 5) is 32.3. The van der Waals surface area contributed by atoms with Gasteiger partial charge in [-0.3, -0.25) is 14.5 Å². The van der Waals surface area contributed by atoms with Crippen molar-refractivity contribution in [1.82, 2.24) is 14.7 Å². The first-order valence-corrected chi connectivity index (χ1v) is 10.3. The number of imide groups is 1. The van der Waals surface area contributed by atoms with E-state index in [1.165, 1.54) is 4.90 Å². The molecule has 1 aromatic carbocycles.